The molecule has 3 saturated heterocycles. The fourth-order valence-electron chi connectivity index (χ4n) is 5.97. The molecule has 2 amide bonds. The molecule has 0 unspecified atom stereocenters. The number of amides is 2. The number of nitrogens with one attached hydrogen (secondary N) is 2. The van der Waals surface area contributed by atoms with Gasteiger partial charge >= 0.3 is 0 Å². The fraction of sp³-hybridized carbons (Fsp3) is 0.933. The molecule has 10 N–H and O–H groups in total. The van der Waals surface area contributed by atoms with E-state index in [1.165, 1.54) is 13.8 Å². The first-order valence-corrected chi connectivity index (χ1v) is 16.5. The van der Waals surface area contributed by atoms with Crippen LogP contribution in [0.15, 0.2) is 0 Å². The number of aliphatic hydroxyl groups is 8. The van der Waals surface area contributed by atoms with Crippen molar-refractivity contribution < 1.29 is 78.9 Å². The molecule has 3 rings (SSSR count). The normalized spacial score (nSPS) is 40.4. The molecule has 0 aromatic heterocycles. The molecule has 3 aliphatic heterocycles. The fourth-order valence-corrected chi connectivity index (χ4v) is 5.97. The van der Waals surface area contributed by atoms with Crippen LogP contribution >= 0.6 is 0 Å². The summed E-state index contributed by atoms with van der Waals surface area (Å²) < 4.78 is 35.0. The summed E-state index contributed by atoms with van der Waals surface area (Å²) >= 11 is 0. The van der Waals surface area contributed by atoms with Gasteiger partial charge in [0.25, 0.3) is 0 Å². The molecule has 0 spiro atoms. The van der Waals surface area contributed by atoms with Crippen LogP contribution in [-0.4, -0.2) is 171 Å². The topological polar surface area (TPSA) is 275 Å². The van der Waals surface area contributed by atoms with Crippen LogP contribution in [0.5, 0.6) is 0 Å². The molecule has 18 heteroatoms. The molecule has 3 heterocycles. The van der Waals surface area contributed by atoms with Crippen molar-refractivity contribution >= 4 is 11.8 Å². The minimum Gasteiger partial charge on any atom is -0.394 e. The Bertz CT molecular complexity index is 979. The van der Waals surface area contributed by atoms with E-state index in [4.69, 9.17) is 28.4 Å². The van der Waals surface area contributed by atoms with Crippen molar-refractivity contribution in [2.45, 2.75) is 151 Å². The molecule has 0 saturated carbocycles. The maximum atomic E-state index is 12.3. The van der Waals surface area contributed by atoms with Gasteiger partial charge in [0.1, 0.15) is 73.1 Å². The first-order chi connectivity index (χ1) is 22.8. The van der Waals surface area contributed by atoms with Gasteiger partial charge in [0.15, 0.2) is 18.9 Å². The number of carbonyl (C=O) groups is 2. The molecule has 48 heavy (non-hydrogen) atoms. The van der Waals surface area contributed by atoms with Gasteiger partial charge in [-0.2, -0.15) is 0 Å². The van der Waals surface area contributed by atoms with E-state index in [1.54, 1.807) is 0 Å². The van der Waals surface area contributed by atoms with E-state index in [9.17, 15) is 50.4 Å². The Morgan fingerprint density at radius 2 is 1.12 bits per heavy atom. The summed E-state index contributed by atoms with van der Waals surface area (Å²) in [5.74, 6) is -1.12. The first kappa shape index (κ1) is 40.8. The number of rotatable bonds is 17. The third-order valence-electron chi connectivity index (χ3n) is 8.64. The lowest BCUT2D eigenvalue weighted by atomic mass is 9.95. The van der Waals surface area contributed by atoms with Crippen molar-refractivity contribution in [2.24, 2.45) is 0 Å². The SMILES string of the molecule is CCCCCCCCO[C@H]1O[C@H](CO[C@@H]2O[C@H](CO)[C@@H](O)[C@H](O)[C@H]2NC(C)=O)[C@H](O)[C@H](O[C@@H]2O[C@H](CO)[C@H](O)[C@H](O)[C@H]2O)[C@H]1NC(C)=O. The minimum absolute atomic E-state index is 0.196. The Morgan fingerprint density at radius 1 is 0.604 bits per heavy atom. The van der Waals surface area contributed by atoms with Crippen LogP contribution in [0.4, 0.5) is 0 Å². The van der Waals surface area contributed by atoms with Crippen LogP contribution in [0.3, 0.4) is 0 Å². The summed E-state index contributed by atoms with van der Waals surface area (Å²) in [6, 6.07) is -2.48. The zero-order valence-electron chi connectivity index (χ0n) is 27.6. The van der Waals surface area contributed by atoms with E-state index in [2.05, 4.69) is 17.6 Å². The zero-order chi connectivity index (χ0) is 35.5. The van der Waals surface area contributed by atoms with Crippen molar-refractivity contribution in [2.75, 3.05) is 26.4 Å². The summed E-state index contributed by atoms with van der Waals surface area (Å²) in [6.45, 7) is 2.79. The summed E-state index contributed by atoms with van der Waals surface area (Å²) in [6.07, 6.45) is -14.1. The maximum absolute atomic E-state index is 12.3. The lowest BCUT2D eigenvalue weighted by molar-refractivity contribution is -0.349. The quantitative estimate of drug-likeness (QED) is 0.0650. The number of hydrogen-bond donors (Lipinski definition) is 10. The van der Waals surface area contributed by atoms with E-state index < -0.39 is 124 Å². The lowest BCUT2D eigenvalue weighted by Gasteiger charge is -2.48. The van der Waals surface area contributed by atoms with Gasteiger partial charge in [-0.05, 0) is 6.42 Å². The second kappa shape index (κ2) is 19.7. The van der Waals surface area contributed by atoms with E-state index in [-0.39, 0.29) is 6.61 Å². The average Bonchev–Trinajstić information content (AvgIpc) is 3.05. The predicted octanol–water partition coefficient (Wildman–Crippen LogP) is -3.90. The van der Waals surface area contributed by atoms with Crippen molar-refractivity contribution in [1.29, 1.82) is 0 Å². The monoisotopic (exact) mass is 698 g/mol. The highest BCUT2D eigenvalue weighted by molar-refractivity contribution is 5.73. The van der Waals surface area contributed by atoms with Crippen LogP contribution in [-0.2, 0) is 38.0 Å². The van der Waals surface area contributed by atoms with E-state index in [0.29, 0.717) is 6.42 Å². The molecule has 3 aliphatic rings. The van der Waals surface area contributed by atoms with Crippen molar-refractivity contribution in [3.8, 4) is 0 Å². The highest BCUT2D eigenvalue weighted by Gasteiger charge is 2.52. The number of hydrogen-bond acceptors (Lipinski definition) is 16. The summed E-state index contributed by atoms with van der Waals surface area (Å²) in [5, 5.41) is 88.1. The Labute approximate surface area is 279 Å². The van der Waals surface area contributed by atoms with E-state index in [0.717, 1.165) is 32.1 Å². The molecule has 0 aromatic rings. The number of ether oxygens (including phenoxy) is 6. The Kier molecular flexibility index (Phi) is 16.7. The van der Waals surface area contributed by atoms with E-state index in [1.807, 2.05) is 0 Å². The Balaban J connectivity index is 1.85. The first-order valence-electron chi connectivity index (χ1n) is 16.5. The molecular formula is C30H54N2O16. The zero-order valence-corrected chi connectivity index (χ0v) is 27.6. The van der Waals surface area contributed by atoms with Gasteiger partial charge in [0.05, 0.1) is 19.8 Å². The lowest BCUT2D eigenvalue weighted by Crippen LogP contribution is -2.68. The van der Waals surface area contributed by atoms with Crippen molar-refractivity contribution in [1.82, 2.24) is 10.6 Å². The van der Waals surface area contributed by atoms with Gasteiger partial charge in [0.2, 0.25) is 11.8 Å². The van der Waals surface area contributed by atoms with Gasteiger partial charge < -0.3 is 79.9 Å². The maximum Gasteiger partial charge on any atom is 0.217 e. The second-order valence-corrected chi connectivity index (χ2v) is 12.5. The molecule has 0 aliphatic carbocycles. The molecule has 0 aromatic carbocycles. The van der Waals surface area contributed by atoms with Crippen molar-refractivity contribution in [3.63, 3.8) is 0 Å². The van der Waals surface area contributed by atoms with Gasteiger partial charge in [-0.15, -0.1) is 0 Å². The number of carbonyl (C=O) groups excluding carboxylic acids is 2. The second-order valence-electron chi connectivity index (χ2n) is 12.5. The summed E-state index contributed by atoms with van der Waals surface area (Å²) in [5.41, 5.74) is 0. The number of unbranched alkanes of at least 4 members (excludes halogenated alkanes) is 5. The minimum atomic E-state index is -1.83. The van der Waals surface area contributed by atoms with Crippen LogP contribution in [0.2, 0.25) is 0 Å². The smallest absolute Gasteiger partial charge is 0.217 e. The van der Waals surface area contributed by atoms with Crippen molar-refractivity contribution in [3.05, 3.63) is 0 Å². The Morgan fingerprint density at radius 3 is 1.73 bits per heavy atom. The van der Waals surface area contributed by atoms with Crippen LogP contribution in [0, 0.1) is 0 Å². The molecule has 3 fully saturated rings. The average molecular weight is 699 g/mol. The molecule has 18 nitrogen and oxygen atoms in total. The van der Waals surface area contributed by atoms with Gasteiger partial charge in [-0.25, -0.2) is 0 Å². The van der Waals surface area contributed by atoms with E-state index >= 15 is 0 Å². The number of aliphatic hydroxyl groups excluding tert-OH is 8. The molecular weight excluding hydrogens is 644 g/mol. The highest BCUT2D eigenvalue weighted by Crippen LogP contribution is 2.31. The van der Waals surface area contributed by atoms with Crippen LogP contribution < -0.4 is 10.6 Å². The summed E-state index contributed by atoms with van der Waals surface area (Å²) in [7, 11) is 0. The third-order valence-corrected chi connectivity index (χ3v) is 8.64. The molecule has 15 atom stereocenters. The van der Waals surface area contributed by atoms with Crippen LogP contribution in [0.25, 0.3) is 0 Å². The van der Waals surface area contributed by atoms with Crippen LogP contribution in [0.1, 0.15) is 59.3 Å². The standard InChI is InChI=1S/C30H54N2O16/c1-4-5-6-7-8-9-10-43-29-20(32-15(3)36)27(48-30-26(42)25(41)22(38)17(12-34)46-30)23(39)18(47-29)13-44-28-19(31-14(2)35)24(40)21(37)16(11-33)45-28/h16-30,33-34,37-42H,4-13H2,1-3H3,(H,31,35)(H,32,36)/t16-,17-,18-,19-,20-,21-,22+,23+,24-,25+,26-,27-,28-,29+,30+/m1/s1. The van der Waals surface area contributed by atoms with Gasteiger partial charge in [-0.1, -0.05) is 39.0 Å². The summed E-state index contributed by atoms with van der Waals surface area (Å²) in [4.78, 5) is 24.2. The predicted molar refractivity (Wildman–Crippen MR) is 162 cm³/mol. The third kappa shape index (κ3) is 10.7. The molecule has 0 radical (unpaired) electrons. The van der Waals surface area contributed by atoms with Gasteiger partial charge in [0, 0.05) is 20.5 Å². The highest BCUT2D eigenvalue weighted by atomic mass is 16.7. The molecule has 0 bridgehead atoms. The Hall–Kier alpha value is -1.62. The molecule has 280 valence electrons. The van der Waals surface area contributed by atoms with Gasteiger partial charge in [-0.3, -0.25) is 9.59 Å². The largest absolute Gasteiger partial charge is 0.394 e.